The normalized spacial score (nSPS) is 10.6. The fourth-order valence-electron chi connectivity index (χ4n) is 2.56. The number of halogens is 1. The van der Waals surface area contributed by atoms with Crippen molar-refractivity contribution in [3.63, 3.8) is 0 Å². The van der Waals surface area contributed by atoms with E-state index in [1.165, 1.54) is 0 Å². The molecule has 0 heterocycles. The zero-order chi connectivity index (χ0) is 16.4. The molecule has 0 aliphatic heterocycles. The number of ether oxygens (including phenoxy) is 2. The number of carbonyl (C=O) groups is 1. The minimum absolute atomic E-state index is 0.0118. The third-order valence-electron chi connectivity index (χ3n) is 3.75. The number of hydrogen-bond acceptors (Lipinski definition) is 3. The predicted molar refractivity (Wildman–Crippen MR) is 99.6 cm³/mol. The molecule has 3 rings (SSSR count). The molecule has 0 aliphatic rings. The van der Waals surface area contributed by atoms with Crippen LogP contribution >= 0.6 is 22.6 Å². The molecule has 0 spiro atoms. The molecular formula is C19H15IO3. The minimum Gasteiger partial charge on any atom is -0.497 e. The average Bonchev–Trinajstić information content (AvgIpc) is 2.60. The zero-order valence-electron chi connectivity index (χ0n) is 12.8. The largest absolute Gasteiger partial charge is 0.497 e. The van der Waals surface area contributed by atoms with Gasteiger partial charge in [0.25, 0.3) is 0 Å². The number of hydrogen-bond donors (Lipinski definition) is 0. The van der Waals surface area contributed by atoms with Crippen LogP contribution in [0, 0.1) is 3.57 Å². The standard InChI is InChI=1S/C19H15IO3/c1-22-14-7-8-15-17(11-14)16(9-10-18(15)23-2)19(21)12-3-5-13(20)6-4-12/h3-11H,1-2H3. The summed E-state index contributed by atoms with van der Waals surface area (Å²) in [5.74, 6) is 1.44. The molecule has 0 unspecified atom stereocenters. The molecule has 0 saturated heterocycles. The van der Waals surface area contributed by atoms with Crippen LogP contribution in [-0.2, 0) is 0 Å². The highest BCUT2D eigenvalue weighted by Crippen LogP contribution is 2.32. The summed E-state index contributed by atoms with van der Waals surface area (Å²) in [6, 6.07) is 16.8. The number of ketones is 1. The summed E-state index contributed by atoms with van der Waals surface area (Å²) in [6.45, 7) is 0. The summed E-state index contributed by atoms with van der Waals surface area (Å²) in [5, 5.41) is 1.72. The van der Waals surface area contributed by atoms with Crippen LogP contribution in [-0.4, -0.2) is 20.0 Å². The van der Waals surface area contributed by atoms with Crippen LogP contribution < -0.4 is 9.47 Å². The highest BCUT2D eigenvalue weighted by molar-refractivity contribution is 14.1. The lowest BCUT2D eigenvalue weighted by Crippen LogP contribution is -2.03. The maximum atomic E-state index is 12.9. The van der Waals surface area contributed by atoms with E-state index in [1.807, 2.05) is 48.5 Å². The van der Waals surface area contributed by atoms with Crippen LogP contribution in [0.5, 0.6) is 11.5 Å². The summed E-state index contributed by atoms with van der Waals surface area (Å²) in [7, 11) is 3.24. The van der Waals surface area contributed by atoms with Crippen molar-refractivity contribution in [2.24, 2.45) is 0 Å². The Morgan fingerprint density at radius 1 is 0.870 bits per heavy atom. The van der Waals surface area contributed by atoms with Gasteiger partial charge in [0.05, 0.1) is 14.2 Å². The lowest BCUT2D eigenvalue weighted by Gasteiger charge is -2.11. The summed E-state index contributed by atoms with van der Waals surface area (Å²) >= 11 is 2.22. The summed E-state index contributed by atoms with van der Waals surface area (Å²) < 4.78 is 11.8. The molecule has 3 nitrogen and oxygen atoms in total. The van der Waals surface area contributed by atoms with Crippen LogP contribution in [0.15, 0.2) is 54.6 Å². The van der Waals surface area contributed by atoms with Crippen molar-refractivity contribution in [2.45, 2.75) is 0 Å². The molecule has 0 N–H and O–H groups in total. The molecule has 0 saturated carbocycles. The first kappa shape index (κ1) is 15.8. The fourth-order valence-corrected chi connectivity index (χ4v) is 2.92. The van der Waals surface area contributed by atoms with Crippen molar-refractivity contribution >= 4 is 39.1 Å². The minimum atomic E-state index is -0.0118. The van der Waals surface area contributed by atoms with E-state index in [4.69, 9.17) is 9.47 Å². The van der Waals surface area contributed by atoms with Crippen molar-refractivity contribution in [3.8, 4) is 11.5 Å². The van der Waals surface area contributed by atoms with Gasteiger partial charge in [0.1, 0.15) is 11.5 Å². The van der Waals surface area contributed by atoms with Crippen LogP contribution in [0.25, 0.3) is 10.8 Å². The molecule has 0 atom stereocenters. The maximum Gasteiger partial charge on any atom is 0.193 e. The maximum absolute atomic E-state index is 12.9. The van der Waals surface area contributed by atoms with E-state index < -0.39 is 0 Å². The molecule has 3 aromatic rings. The topological polar surface area (TPSA) is 35.5 Å². The molecule has 4 heteroatoms. The average molecular weight is 418 g/mol. The smallest absolute Gasteiger partial charge is 0.193 e. The Morgan fingerprint density at radius 2 is 1.61 bits per heavy atom. The molecule has 0 bridgehead atoms. The lowest BCUT2D eigenvalue weighted by molar-refractivity contribution is 0.104. The van der Waals surface area contributed by atoms with Gasteiger partial charge < -0.3 is 9.47 Å². The molecule has 3 aromatic carbocycles. The van der Waals surface area contributed by atoms with Gasteiger partial charge in [0.2, 0.25) is 0 Å². The van der Waals surface area contributed by atoms with Gasteiger partial charge in [-0.3, -0.25) is 4.79 Å². The molecule has 23 heavy (non-hydrogen) atoms. The first-order chi connectivity index (χ1) is 11.1. The SMILES string of the molecule is COc1ccc2c(OC)ccc(C(=O)c3ccc(I)cc3)c2c1. The Bertz CT molecular complexity index is 870. The molecule has 0 fully saturated rings. The van der Waals surface area contributed by atoms with Crippen molar-refractivity contribution < 1.29 is 14.3 Å². The van der Waals surface area contributed by atoms with Crippen molar-refractivity contribution in [3.05, 3.63) is 69.3 Å². The number of benzene rings is 3. The van der Waals surface area contributed by atoms with Gasteiger partial charge in [-0.2, -0.15) is 0 Å². The van der Waals surface area contributed by atoms with E-state index in [-0.39, 0.29) is 5.78 Å². The van der Waals surface area contributed by atoms with Crippen LogP contribution in [0.1, 0.15) is 15.9 Å². The van der Waals surface area contributed by atoms with E-state index in [0.29, 0.717) is 16.9 Å². The van der Waals surface area contributed by atoms with Crippen molar-refractivity contribution in [1.29, 1.82) is 0 Å². The number of carbonyl (C=O) groups excluding carboxylic acids is 1. The van der Waals surface area contributed by atoms with Crippen LogP contribution in [0.2, 0.25) is 0 Å². The Labute approximate surface area is 148 Å². The van der Waals surface area contributed by atoms with E-state index in [9.17, 15) is 4.79 Å². The quantitative estimate of drug-likeness (QED) is 0.456. The highest BCUT2D eigenvalue weighted by Gasteiger charge is 2.15. The van der Waals surface area contributed by atoms with Gasteiger partial charge in [0.15, 0.2) is 5.78 Å². The number of methoxy groups -OCH3 is 2. The van der Waals surface area contributed by atoms with Gasteiger partial charge in [0, 0.05) is 25.5 Å². The highest BCUT2D eigenvalue weighted by atomic mass is 127. The van der Waals surface area contributed by atoms with Crippen LogP contribution in [0.4, 0.5) is 0 Å². The van der Waals surface area contributed by atoms with Gasteiger partial charge >= 0.3 is 0 Å². The third-order valence-corrected chi connectivity index (χ3v) is 4.47. The second-order valence-electron chi connectivity index (χ2n) is 5.06. The van der Waals surface area contributed by atoms with Crippen molar-refractivity contribution in [1.82, 2.24) is 0 Å². The van der Waals surface area contributed by atoms with E-state index in [0.717, 1.165) is 20.1 Å². The number of fused-ring (bicyclic) bond motifs is 1. The van der Waals surface area contributed by atoms with Gasteiger partial charge in [-0.25, -0.2) is 0 Å². The third kappa shape index (κ3) is 3.03. The Morgan fingerprint density at radius 3 is 2.26 bits per heavy atom. The second-order valence-corrected chi connectivity index (χ2v) is 6.31. The molecule has 116 valence electrons. The Balaban J connectivity index is 2.20. The first-order valence-corrected chi connectivity index (χ1v) is 8.17. The van der Waals surface area contributed by atoms with E-state index in [1.54, 1.807) is 20.3 Å². The van der Waals surface area contributed by atoms with E-state index in [2.05, 4.69) is 22.6 Å². The molecule has 0 radical (unpaired) electrons. The second kappa shape index (κ2) is 6.58. The van der Waals surface area contributed by atoms with Crippen molar-refractivity contribution in [2.75, 3.05) is 14.2 Å². The number of rotatable bonds is 4. The monoisotopic (exact) mass is 418 g/mol. The molecule has 0 amide bonds. The van der Waals surface area contributed by atoms with Gasteiger partial charge in [-0.05, 0) is 77.2 Å². The Kier molecular flexibility index (Phi) is 4.52. The zero-order valence-corrected chi connectivity index (χ0v) is 15.0. The summed E-state index contributed by atoms with van der Waals surface area (Å²) in [4.78, 5) is 12.9. The van der Waals surface area contributed by atoms with Gasteiger partial charge in [-0.1, -0.05) is 0 Å². The Hall–Kier alpha value is -2.08. The predicted octanol–water partition coefficient (Wildman–Crippen LogP) is 4.69. The first-order valence-electron chi connectivity index (χ1n) is 7.09. The molecular weight excluding hydrogens is 403 g/mol. The van der Waals surface area contributed by atoms with Crippen LogP contribution in [0.3, 0.4) is 0 Å². The lowest BCUT2D eigenvalue weighted by atomic mass is 9.96. The fraction of sp³-hybridized carbons (Fsp3) is 0.105. The van der Waals surface area contributed by atoms with Gasteiger partial charge in [-0.15, -0.1) is 0 Å². The molecule has 0 aliphatic carbocycles. The van der Waals surface area contributed by atoms with E-state index >= 15 is 0 Å². The summed E-state index contributed by atoms with van der Waals surface area (Å²) in [6.07, 6.45) is 0. The molecule has 0 aromatic heterocycles. The summed E-state index contributed by atoms with van der Waals surface area (Å²) in [5.41, 5.74) is 1.31.